The Labute approximate surface area is 198 Å². The normalized spacial score (nSPS) is 12.2. The summed E-state index contributed by atoms with van der Waals surface area (Å²) in [6, 6.07) is 14.6. The molecular formula is C29H36N2O2. The topological polar surface area (TPSA) is 51.2 Å². The molecule has 174 valence electrons. The third-order valence-corrected chi connectivity index (χ3v) is 6.03. The highest BCUT2D eigenvalue weighted by Gasteiger charge is 2.12. The summed E-state index contributed by atoms with van der Waals surface area (Å²) in [5.74, 6) is 0.782. The van der Waals surface area contributed by atoms with Crippen LogP contribution in [0.2, 0.25) is 0 Å². The third-order valence-electron chi connectivity index (χ3n) is 6.03. The number of rotatable bonds is 12. The average molecular weight is 445 g/mol. The molecule has 0 saturated carbocycles. The maximum atomic E-state index is 12.6. The summed E-state index contributed by atoms with van der Waals surface area (Å²) in [4.78, 5) is 16.8. The number of amides is 1. The third kappa shape index (κ3) is 7.18. The summed E-state index contributed by atoms with van der Waals surface area (Å²) >= 11 is 0. The molecule has 1 heterocycles. The van der Waals surface area contributed by atoms with Gasteiger partial charge in [0.15, 0.2) is 0 Å². The first-order valence-corrected chi connectivity index (χ1v) is 12.1. The summed E-state index contributed by atoms with van der Waals surface area (Å²) in [5.41, 5.74) is 3.58. The number of hydrogen-bond donors (Lipinski definition) is 1. The van der Waals surface area contributed by atoms with E-state index >= 15 is 0 Å². The standard InChI is InChI=1S/C29H36N2O2/c1-4-5-6-14-25-24(20-28(33-3)27-16-8-7-15-26(25)27)17-18-29(32)31-22(2)11-9-12-23-13-10-19-30-21-23/h7-8,10,13,15-22H,4-6,9,11-12,14H2,1-3H3,(H,31,32)/t22-/m1/s1. The van der Waals surface area contributed by atoms with E-state index in [1.807, 2.05) is 24.4 Å². The van der Waals surface area contributed by atoms with Crippen molar-refractivity contribution in [3.63, 3.8) is 0 Å². The predicted molar refractivity (Wildman–Crippen MR) is 138 cm³/mol. The first-order chi connectivity index (χ1) is 16.1. The number of ether oxygens (including phenoxy) is 1. The van der Waals surface area contributed by atoms with Crippen molar-refractivity contribution in [1.82, 2.24) is 10.3 Å². The number of hydrogen-bond acceptors (Lipinski definition) is 3. The Morgan fingerprint density at radius 1 is 1.09 bits per heavy atom. The number of unbranched alkanes of at least 4 members (excludes halogenated alkanes) is 2. The van der Waals surface area contributed by atoms with Crippen LogP contribution in [0, 0.1) is 0 Å². The quantitative estimate of drug-likeness (QED) is 0.256. The molecule has 0 bridgehead atoms. The molecule has 2 aromatic carbocycles. The Kier molecular flexibility index (Phi) is 9.49. The van der Waals surface area contributed by atoms with Crippen molar-refractivity contribution in [2.24, 2.45) is 0 Å². The van der Waals surface area contributed by atoms with E-state index < -0.39 is 0 Å². The smallest absolute Gasteiger partial charge is 0.244 e. The van der Waals surface area contributed by atoms with Crippen LogP contribution in [-0.4, -0.2) is 24.0 Å². The van der Waals surface area contributed by atoms with Gasteiger partial charge in [0.2, 0.25) is 5.91 Å². The number of nitrogens with zero attached hydrogens (tertiary/aromatic N) is 1. The van der Waals surface area contributed by atoms with Crippen LogP contribution in [0.25, 0.3) is 16.8 Å². The summed E-state index contributed by atoms with van der Waals surface area (Å²) in [7, 11) is 1.70. The zero-order valence-electron chi connectivity index (χ0n) is 20.1. The molecule has 1 amide bonds. The monoisotopic (exact) mass is 444 g/mol. The molecule has 0 spiro atoms. The minimum absolute atomic E-state index is 0.0597. The Morgan fingerprint density at radius 3 is 2.64 bits per heavy atom. The number of carbonyl (C=O) groups is 1. The second kappa shape index (κ2) is 12.8. The van der Waals surface area contributed by atoms with Gasteiger partial charge in [0.25, 0.3) is 0 Å². The molecule has 0 aliphatic heterocycles. The first kappa shape index (κ1) is 24.5. The minimum atomic E-state index is -0.0597. The number of nitrogens with one attached hydrogen (secondary N) is 1. The summed E-state index contributed by atoms with van der Waals surface area (Å²) in [6.07, 6.45) is 14.7. The number of aromatic nitrogens is 1. The average Bonchev–Trinajstić information content (AvgIpc) is 2.84. The lowest BCUT2D eigenvalue weighted by molar-refractivity contribution is -0.117. The number of fused-ring (bicyclic) bond motifs is 1. The molecule has 3 rings (SSSR count). The zero-order valence-corrected chi connectivity index (χ0v) is 20.1. The molecule has 0 aliphatic rings. The van der Waals surface area contributed by atoms with Crippen molar-refractivity contribution in [2.75, 3.05) is 7.11 Å². The lowest BCUT2D eigenvalue weighted by Crippen LogP contribution is -2.31. The highest BCUT2D eigenvalue weighted by Crippen LogP contribution is 2.33. The molecule has 33 heavy (non-hydrogen) atoms. The van der Waals surface area contributed by atoms with Crippen molar-refractivity contribution < 1.29 is 9.53 Å². The fourth-order valence-corrected chi connectivity index (χ4v) is 4.26. The van der Waals surface area contributed by atoms with Crippen LogP contribution in [0.4, 0.5) is 0 Å². The van der Waals surface area contributed by atoms with Gasteiger partial charge in [-0.25, -0.2) is 0 Å². The van der Waals surface area contributed by atoms with Gasteiger partial charge in [0, 0.05) is 29.9 Å². The van der Waals surface area contributed by atoms with Gasteiger partial charge in [-0.2, -0.15) is 0 Å². The van der Waals surface area contributed by atoms with Gasteiger partial charge in [-0.1, -0.05) is 50.1 Å². The Bertz CT molecular complexity index is 1060. The van der Waals surface area contributed by atoms with Gasteiger partial charge in [0.1, 0.15) is 5.75 Å². The maximum absolute atomic E-state index is 12.6. The van der Waals surface area contributed by atoms with Crippen LogP contribution in [0.1, 0.15) is 62.6 Å². The van der Waals surface area contributed by atoms with Crippen LogP contribution in [0.5, 0.6) is 5.75 Å². The molecule has 4 heteroatoms. The van der Waals surface area contributed by atoms with E-state index in [-0.39, 0.29) is 11.9 Å². The Hall–Kier alpha value is -3.14. The largest absolute Gasteiger partial charge is 0.496 e. The Balaban J connectivity index is 1.68. The molecule has 1 atom stereocenters. The van der Waals surface area contributed by atoms with Crippen molar-refractivity contribution in [2.45, 2.75) is 64.8 Å². The second-order valence-corrected chi connectivity index (χ2v) is 8.65. The highest BCUT2D eigenvalue weighted by atomic mass is 16.5. The molecule has 1 aromatic heterocycles. The molecule has 0 saturated heterocycles. The predicted octanol–water partition coefficient (Wildman–Crippen LogP) is 6.52. The van der Waals surface area contributed by atoms with Gasteiger partial charge in [-0.05, 0) is 79.3 Å². The fraction of sp³-hybridized carbons (Fsp3) is 0.379. The lowest BCUT2D eigenvalue weighted by atomic mass is 9.93. The van der Waals surface area contributed by atoms with Crippen LogP contribution in [-0.2, 0) is 17.6 Å². The van der Waals surface area contributed by atoms with E-state index in [2.05, 4.69) is 54.5 Å². The summed E-state index contributed by atoms with van der Waals surface area (Å²) in [5, 5.41) is 5.43. The van der Waals surface area contributed by atoms with Gasteiger partial charge in [-0.3, -0.25) is 9.78 Å². The lowest BCUT2D eigenvalue weighted by Gasteiger charge is -2.15. The Morgan fingerprint density at radius 2 is 1.91 bits per heavy atom. The molecular weight excluding hydrogens is 408 g/mol. The minimum Gasteiger partial charge on any atom is -0.496 e. The van der Waals surface area contributed by atoms with E-state index in [9.17, 15) is 4.79 Å². The van der Waals surface area contributed by atoms with Crippen LogP contribution >= 0.6 is 0 Å². The van der Waals surface area contributed by atoms with Gasteiger partial charge in [0.05, 0.1) is 7.11 Å². The second-order valence-electron chi connectivity index (χ2n) is 8.65. The summed E-state index contributed by atoms with van der Waals surface area (Å²) in [6.45, 7) is 4.28. The van der Waals surface area contributed by atoms with Crippen LogP contribution in [0.15, 0.2) is 60.9 Å². The fourth-order valence-electron chi connectivity index (χ4n) is 4.26. The van der Waals surface area contributed by atoms with E-state index in [0.717, 1.165) is 48.8 Å². The SMILES string of the molecule is CCCCCc1c(C=CC(=O)N[C@H](C)CCCc2cccnc2)cc(OC)c2ccccc12. The van der Waals surface area contributed by atoms with E-state index in [0.29, 0.717) is 0 Å². The zero-order chi connectivity index (χ0) is 23.5. The highest BCUT2D eigenvalue weighted by molar-refractivity contribution is 5.96. The van der Waals surface area contributed by atoms with E-state index in [4.69, 9.17) is 4.74 Å². The molecule has 0 unspecified atom stereocenters. The van der Waals surface area contributed by atoms with E-state index in [1.54, 1.807) is 19.4 Å². The number of benzene rings is 2. The molecule has 0 radical (unpaired) electrons. The number of pyridine rings is 1. The van der Waals surface area contributed by atoms with Gasteiger partial charge >= 0.3 is 0 Å². The van der Waals surface area contributed by atoms with Crippen molar-refractivity contribution in [3.05, 3.63) is 77.6 Å². The first-order valence-electron chi connectivity index (χ1n) is 12.1. The number of carbonyl (C=O) groups excluding carboxylic acids is 1. The van der Waals surface area contributed by atoms with Gasteiger partial charge in [-0.15, -0.1) is 0 Å². The van der Waals surface area contributed by atoms with Crippen molar-refractivity contribution >= 4 is 22.8 Å². The molecule has 1 N–H and O–H groups in total. The number of methoxy groups -OCH3 is 1. The molecule has 4 nitrogen and oxygen atoms in total. The molecule has 0 fully saturated rings. The summed E-state index contributed by atoms with van der Waals surface area (Å²) < 4.78 is 5.66. The number of aryl methyl sites for hydroxylation is 2. The van der Waals surface area contributed by atoms with Gasteiger partial charge < -0.3 is 10.1 Å². The van der Waals surface area contributed by atoms with E-state index in [1.165, 1.54) is 29.4 Å². The van der Waals surface area contributed by atoms with Crippen LogP contribution in [0.3, 0.4) is 0 Å². The molecule has 0 aliphatic carbocycles. The van der Waals surface area contributed by atoms with Crippen molar-refractivity contribution in [3.8, 4) is 5.75 Å². The van der Waals surface area contributed by atoms with Crippen molar-refractivity contribution in [1.29, 1.82) is 0 Å². The molecule has 3 aromatic rings. The van der Waals surface area contributed by atoms with Crippen LogP contribution < -0.4 is 10.1 Å². The maximum Gasteiger partial charge on any atom is 0.244 e.